The fraction of sp³-hybridized carbons (Fsp3) is 0.231. The molecule has 0 atom stereocenters. The summed E-state index contributed by atoms with van der Waals surface area (Å²) in [5.74, 6) is 0.849. The fourth-order valence-corrected chi connectivity index (χ4v) is 1.61. The molecule has 94 valence electrons. The summed E-state index contributed by atoms with van der Waals surface area (Å²) in [6, 6.07) is 7.61. The van der Waals surface area contributed by atoms with E-state index in [-0.39, 0.29) is 5.56 Å². The number of nitrogen functional groups attached to an aromatic ring is 1. The van der Waals surface area contributed by atoms with Crippen LogP contribution < -0.4 is 5.73 Å². The first-order chi connectivity index (χ1) is 8.60. The predicted octanol–water partition coefficient (Wildman–Crippen LogP) is 3.23. The molecule has 18 heavy (non-hydrogen) atoms. The molecule has 0 radical (unpaired) electrons. The monoisotopic (exact) mass is 249 g/mol. The summed E-state index contributed by atoms with van der Waals surface area (Å²) >= 11 is 0. The Labute approximate surface area is 104 Å². The Balaban J connectivity index is 2.39. The molecule has 0 aliphatic carbocycles. The van der Waals surface area contributed by atoms with Gasteiger partial charge in [0.15, 0.2) is 5.82 Å². The molecular weight excluding hydrogens is 236 g/mol. The molecule has 1 heterocycles. The average molecular weight is 249 g/mol. The quantitative estimate of drug-likeness (QED) is 0.908. The molecule has 0 bridgehead atoms. The fourth-order valence-electron chi connectivity index (χ4n) is 1.61. The summed E-state index contributed by atoms with van der Waals surface area (Å²) in [5.41, 5.74) is 7.17. The van der Waals surface area contributed by atoms with Crippen LogP contribution in [0.1, 0.15) is 24.6 Å². The third-order valence-electron chi connectivity index (χ3n) is 2.58. The van der Waals surface area contributed by atoms with E-state index in [1.165, 1.54) is 12.1 Å². The predicted molar refractivity (Wildman–Crippen MR) is 66.2 cm³/mol. The lowest BCUT2D eigenvalue weighted by Gasteiger charge is -2.05. The summed E-state index contributed by atoms with van der Waals surface area (Å²) in [6.45, 7) is 1.96. The normalized spacial score (nSPS) is 10.9. The van der Waals surface area contributed by atoms with E-state index < -0.39 is 6.43 Å². The smallest absolute Gasteiger partial charge is 0.263 e. The molecule has 0 unspecified atom stereocenters. The van der Waals surface area contributed by atoms with Crippen molar-refractivity contribution in [2.24, 2.45) is 0 Å². The lowest BCUT2D eigenvalue weighted by atomic mass is 10.1. The van der Waals surface area contributed by atoms with E-state index in [0.717, 1.165) is 12.1 Å². The topological polar surface area (TPSA) is 51.8 Å². The maximum absolute atomic E-state index is 12.4. The number of aryl methyl sites for hydroxylation is 1. The maximum atomic E-state index is 12.4. The Bertz CT molecular complexity index is 538. The average Bonchev–Trinajstić information content (AvgIpc) is 2.38. The van der Waals surface area contributed by atoms with Crippen molar-refractivity contribution < 1.29 is 8.78 Å². The van der Waals surface area contributed by atoms with Crippen molar-refractivity contribution in [2.45, 2.75) is 19.8 Å². The molecule has 1 aromatic carbocycles. The van der Waals surface area contributed by atoms with Crippen LogP contribution in [0.4, 0.5) is 14.6 Å². The van der Waals surface area contributed by atoms with Gasteiger partial charge in [0.05, 0.1) is 0 Å². The Morgan fingerprint density at radius 1 is 1.17 bits per heavy atom. The number of hydrogen-bond donors (Lipinski definition) is 1. The molecule has 3 nitrogen and oxygen atoms in total. The molecule has 2 rings (SSSR count). The highest BCUT2D eigenvalue weighted by atomic mass is 19.3. The molecule has 0 aliphatic rings. The first-order valence-corrected chi connectivity index (χ1v) is 5.62. The number of nitrogens with zero attached hydrogens (tertiary/aromatic N) is 2. The lowest BCUT2D eigenvalue weighted by molar-refractivity contribution is 0.151. The highest BCUT2D eigenvalue weighted by molar-refractivity contribution is 5.57. The molecule has 0 aliphatic heterocycles. The molecule has 5 heteroatoms. The van der Waals surface area contributed by atoms with Crippen LogP contribution >= 0.6 is 0 Å². The maximum Gasteiger partial charge on any atom is 0.263 e. The minimum atomic E-state index is -2.47. The van der Waals surface area contributed by atoms with E-state index in [0.29, 0.717) is 17.2 Å². The van der Waals surface area contributed by atoms with Crippen molar-refractivity contribution in [3.63, 3.8) is 0 Å². The number of nitrogens with two attached hydrogens (primary N) is 1. The summed E-state index contributed by atoms with van der Waals surface area (Å²) in [4.78, 5) is 8.42. The third kappa shape index (κ3) is 2.61. The van der Waals surface area contributed by atoms with Crippen LogP contribution in [0, 0.1) is 0 Å². The molecular formula is C13H13F2N3. The second-order valence-corrected chi connectivity index (χ2v) is 3.88. The lowest BCUT2D eigenvalue weighted by Crippen LogP contribution is -1.99. The minimum absolute atomic E-state index is 0.0154. The van der Waals surface area contributed by atoms with Crippen molar-refractivity contribution >= 4 is 5.82 Å². The molecule has 0 fully saturated rings. The minimum Gasteiger partial charge on any atom is -0.384 e. The summed E-state index contributed by atoms with van der Waals surface area (Å²) in [5, 5.41) is 0. The standard InChI is InChI=1S/C13H13F2N3/c1-2-10-7-11(16)18-13(17-10)9-5-3-8(4-6-9)12(14)15/h3-7,12H,2H2,1H3,(H2,16,17,18). The van der Waals surface area contributed by atoms with E-state index >= 15 is 0 Å². The first kappa shape index (κ1) is 12.4. The van der Waals surface area contributed by atoms with Crippen molar-refractivity contribution in [3.05, 3.63) is 41.6 Å². The van der Waals surface area contributed by atoms with Gasteiger partial charge < -0.3 is 5.73 Å². The van der Waals surface area contributed by atoms with Crippen LogP contribution in [-0.2, 0) is 6.42 Å². The van der Waals surface area contributed by atoms with Gasteiger partial charge in [-0.15, -0.1) is 0 Å². The van der Waals surface area contributed by atoms with Crippen LogP contribution in [0.5, 0.6) is 0 Å². The van der Waals surface area contributed by atoms with Crippen LogP contribution in [0.15, 0.2) is 30.3 Å². The van der Waals surface area contributed by atoms with Crippen LogP contribution in [0.25, 0.3) is 11.4 Å². The van der Waals surface area contributed by atoms with Crippen molar-refractivity contribution in [1.29, 1.82) is 0 Å². The van der Waals surface area contributed by atoms with Crippen LogP contribution in [0.3, 0.4) is 0 Å². The molecule has 0 spiro atoms. The molecule has 1 aromatic heterocycles. The number of hydrogen-bond acceptors (Lipinski definition) is 3. The highest BCUT2D eigenvalue weighted by Gasteiger charge is 2.08. The SMILES string of the molecule is CCc1cc(N)nc(-c2ccc(C(F)F)cc2)n1. The Morgan fingerprint density at radius 3 is 2.39 bits per heavy atom. The van der Waals surface area contributed by atoms with Gasteiger partial charge in [-0.25, -0.2) is 18.7 Å². The second kappa shape index (κ2) is 5.08. The van der Waals surface area contributed by atoms with Crippen LogP contribution in [-0.4, -0.2) is 9.97 Å². The number of rotatable bonds is 3. The first-order valence-electron chi connectivity index (χ1n) is 5.62. The third-order valence-corrected chi connectivity index (χ3v) is 2.58. The van der Waals surface area contributed by atoms with Crippen molar-refractivity contribution in [3.8, 4) is 11.4 Å². The Morgan fingerprint density at radius 2 is 1.83 bits per heavy atom. The number of alkyl halides is 2. The second-order valence-electron chi connectivity index (χ2n) is 3.88. The van der Waals surface area contributed by atoms with Crippen molar-refractivity contribution in [2.75, 3.05) is 5.73 Å². The van der Waals surface area contributed by atoms with Gasteiger partial charge in [-0.2, -0.15) is 0 Å². The van der Waals surface area contributed by atoms with Crippen LogP contribution in [0.2, 0.25) is 0 Å². The van der Waals surface area contributed by atoms with Gasteiger partial charge in [-0.1, -0.05) is 31.2 Å². The van der Waals surface area contributed by atoms with Gasteiger partial charge in [0, 0.05) is 22.9 Å². The Hall–Kier alpha value is -2.04. The largest absolute Gasteiger partial charge is 0.384 e. The van der Waals surface area contributed by atoms with Gasteiger partial charge in [-0.3, -0.25) is 0 Å². The summed E-state index contributed by atoms with van der Waals surface area (Å²) in [6.07, 6.45) is -1.72. The van der Waals surface area contributed by atoms with Crippen molar-refractivity contribution in [1.82, 2.24) is 9.97 Å². The van der Waals surface area contributed by atoms with E-state index in [2.05, 4.69) is 9.97 Å². The number of halogens is 2. The highest BCUT2D eigenvalue weighted by Crippen LogP contribution is 2.23. The number of aromatic nitrogens is 2. The molecule has 2 aromatic rings. The number of benzene rings is 1. The van der Waals surface area contributed by atoms with E-state index in [1.54, 1.807) is 18.2 Å². The van der Waals surface area contributed by atoms with Gasteiger partial charge in [0.25, 0.3) is 6.43 Å². The van der Waals surface area contributed by atoms with Gasteiger partial charge in [0.2, 0.25) is 0 Å². The Kier molecular flexibility index (Phi) is 3.50. The van der Waals surface area contributed by atoms with E-state index in [9.17, 15) is 8.78 Å². The molecule has 0 amide bonds. The van der Waals surface area contributed by atoms with Gasteiger partial charge >= 0.3 is 0 Å². The van der Waals surface area contributed by atoms with E-state index in [4.69, 9.17) is 5.73 Å². The molecule has 0 saturated heterocycles. The van der Waals surface area contributed by atoms with E-state index in [1.807, 2.05) is 6.92 Å². The molecule has 2 N–H and O–H groups in total. The summed E-state index contributed by atoms with van der Waals surface area (Å²) in [7, 11) is 0. The number of anilines is 1. The summed E-state index contributed by atoms with van der Waals surface area (Å²) < 4.78 is 24.9. The zero-order valence-corrected chi connectivity index (χ0v) is 9.90. The molecule has 0 saturated carbocycles. The zero-order valence-electron chi connectivity index (χ0n) is 9.90. The zero-order chi connectivity index (χ0) is 13.1. The van der Waals surface area contributed by atoms with Gasteiger partial charge in [0.1, 0.15) is 5.82 Å². The van der Waals surface area contributed by atoms with Gasteiger partial charge in [-0.05, 0) is 6.42 Å².